The number of rotatable bonds is 9. The molecule has 3 rings (SSSR count). The normalized spacial score (nSPS) is 10.7. The summed E-state index contributed by atoms with van der Waals surface area (Å²) in [7, 11) is 1.63. The number of unbranched alkanes of at least 4 members (excludes halogenated alkanes) is 1. The standard InChI is InChI=1S/C21H23ClN4O2S/c1-3-4-12-23-19(27)14-29-21-25-24-20(15-6-5-7-18(13-15)28-2)26(21)17-10-8-16(22)9-11-17/h5-11,13H,3-4,12,14H2,1-2H3,(H,23,27). The molecule has 0 saturated heterocycles. The number of nitrogens with zero attached hydrogens (tertiary/aromatic N) is 3. The molecule has 0 saturated carbocycles. The lowest BCUT2D eigenvalue weighted by Gasteiger charge is -2.11. The summed E-state index contributed by atoms with van der Waals surface area (Å²) in [6, 6.07) is 15.1. The van der Waals surface area contributed by atoms with Gasteiger partial charge in [0.05, 0.1) is 12.9 Å². The zero-order chi connectivity index (χ0) is 20.6. The monoisotopic (exact) mass is 430 g/mol. The first-order valence-corrected chi connectivity index (χ1v) is 10.7. The Kier molecular flexibility index (Phi) is 7.55. The summed E-state index contributed by atoms with van der Waals surface area (Å²) < 4.78 is 7.26. The second-order valence-electron chi connectivity index (χ2n) is 6.34. The van der Waals surface area contributed by atoms with Gasteiger partial charge >= 0.3 is 0 Å². The van der Waals surface area contributed by atoms with Crippen LogP contribution in [-0.2, 0) is 4.79 Å². The van der Waals surface area contributed by atoms with Crippen LogP contribution in [-0.4, -0.2) is 40.1 Å². The minimum absolute atomic E-state index is 0.0166. The van der Waals surface area contributed by atoms with Gasteiger partial charge in [0.25, 0.3) is 0 Å². The molecule has 0 aliphatic rings. The van der Waals surface area contributed by atoms with Gasteiger partial charge in [0.15, 0.2) is 11.0 Å². The smallest absolute Gasteiger partial charge is 0.230 e. The van der Waals surface area contributed by atoms with Crippen molar-refractivity contribution in [1.29, 1.82) is 0 Å². The number of thioether (sulfide) groups is 1. The molecule has 6 nitrogen and oxygen atoms in total. The van der Waals surface area contributed by atoms with Gasteiger partial charge < -0.3 is 10.1 Å². The predicted molar refractivity (Wildman–Crippen MR) is 117 cm³/mol. The largest absolute Gasteiger partial charge is 0.497 e. The summed E-state index contributed by atoms with van der Waals surface area (Å²) in [5.41, 5.74) is 1.73. The highest BCUT2D eigenvalue weighted by atomic mass is 35.5. The Morgan fingerprint density at radius 1 is 1.21 bits per heavy atom. The van der Waals surface area contributed by atoms with E-state index < -0.39 is 0 Å². The van der Waals surface area contributed by atoms with Crippen LogP contribution in [0, 0.1) is 0 Å². The van der Waals surface area contributed by atoms with E-state index in [-0.39, 0.29) is 11.7 Å². The Morgan fingerprint density at radius 3 is 2.72 bits per heavy atom. The third-order valence-electron chi connectivity index (χ3n) is 4.23. The van der Waals surface area contributed by atoms with Crippen molar-refractivity contribution < 1.29 is 9.53 Å². The number of amides is 1. The SMILES string of the molecule is CCCCNC(=O)CSc1nnc(-c2cccc(OC)c2)n1-c1ccc(Cl)cc1. The molecule has 0 fully saturated rings. The lowest BCUT2D eigenvalue weighted by Crippen LogP contribution is -2.26. The van der Waals surface area contributed by atoms with E-state index in [9.17, 15) is 4.79 Å². The van der Waals surface area contributed by atoms with Gasteiger partial charge in [-0.05, 0) is 42.8 Å². The molecule has 3 aromatic rings. The van der Waals surface area contributed by atoms with Crippen LogP contribution in [0.5, 0.6) is 5.75 Å². The fraction of sp³-hybridized carbons (Fsp3) is 0.286. The number of carbonyl (C=O) groups is 1. The Labute approximate surface area is 179 Å². The number of methoxy groups -OCH3 is 1. The van der Waals surface area contributed by atoms with Crippen LogP contribution in [0.15, 0.2) is 53.7 Å². The van der Waals surface area contributed by atoms with Gasteiger partial charge in [-0.2, -0.15) is 0 Å². The molecule has 8 heteroatoms. The van der Waals surface area contributed by atoms with Crippen molar-refractivity contribution >= 4 is 29.3 Å². The van der Waals surface area contributed by atoms with E-state index in [4.69, 9.17) is 16.3 Å². The summed E-state index contributed by atoms with van der Waals surface area (Å²) >= 11 is 7.41. The number of halogens is 1. The summed E-state index contributed by atoms with van der Waals surface area (Å²) in [5.74, 6) is 1.66. The average molecular weight is 431 g/mol. The minimum atomic E-state index is -0.0166. The van der Waals surface area contributed by atoms with Crippen molar-refractivity contribution in [3.8, 4) is 22.8 Å². The highest BCUT2D eigenvalue weighted by molar-refractivity contribution is 7.99. The second-order valence-corrected chi connectivity index (χ2v) is 7.72. The number of aromatic nitrogens is 3. The number of benzene rings is 2. The highest BCUT2D eigenvalue weighted by Crippen LogP contribution is 2.30. The van der Waals surface area contributed by atoms with E-state index in [2.05, 4.69) is 22.4 Å². The van der Waals surface area contributed by atoms with E-state index in [0.717, 1.165) is 29.8 Å². The van der Waals surface area contributed by atoms with Crippen molar-refractivity contribution in [2.45, 2.75) is 24.9 Å². The first-order valence-electron chi connectivity index (χ1n) is 9.37. The number of nitrogens with one attached hydrogen (secondary N) is 1. The lowest BCUT2D eigenvalue weighted by molar-refractivity contribution is -0.118. The van der Waals surface area contributed by atoms with Gasteiger partial charge in [-0.15, -0.1) is 10.2 Å². The first-order chi connectivity index (χ1) is 14.1. The van der Waals surface area contributed by atoms with E-state index in [1.165, 1.54) is 11.8 Å². The fourth-order valence-electron chi connectivity index (χ4n) is 2.72. The number of carbonyl (C=O) groups excluding carboxylic acids is 1. The molecule has 1 amide bonds. The first kappa shape index (κ1) is 21.2. The molecule has 1 N–H and O–H groups in total. The molecule has 29 heavy (non-hydrogen) atoms. The average Bonchev–Trinajstić information content (AvgIpc) is 3.17. The molecule has 0 aliphatic carbocycles. The van der Waals surface area contributed by atoms with Crippen molar-refractivity contribution in [3.05, 3.63) is 53.6 Å². The van der Waals surface area contributed by atoms with Crippen LogP contribution in [0.2, 0.25) is 5.02 Å². The summed E-state index contributed by atoms with van der Waals surface area (Å²) in [5, 5.41) is 12.9. The van der Waals surface area contributed by atoms with Gasteiger partial charge in [-0.3, -0.25) is 9.36 Å². The molecule has 0 aliphatic heterocycles. The molecule has 0 spiro atoms. The molecule has 1 heterocycles. The van der Waals surface area contributed by atoms with Crippen LogP contribution in [0.3, 0.4) is 0 Å². The van der Waals surface area contributed by atoms with Gasteiger partial charge in [0, 0.05) is 22.8 Å². The molecular weight excluding hydrogens is 408 g/mol. The Bertz CT molecular complexity index is 960. The number of hydrogen-bond acceptors (Lipinski definition) is 5. The molecule has 152 valence electrons. The quantitative estimate of drug-likeness (QED) is 0.396. The van der Waals surface area contributed by atoms with Crippen LogP contribution >= 0.6 is 23.4 Å². The van der Waals surface area contributed by atoms with Gasteiger partial charge in [0.2, 0.25) is 5.91 Å². The zero-order valence-corrected chi connectivity index (χ0v) is 18.0. The summed E-state index contributed by atoms with van der Waals surface area (Å²) in [4.78, 5) is 12.1. The van der Waals surface area contributed by atoms with E-state index in [1.54, 1.807) is 7.11 Å². The minimum Gasteiger partial charge on any atom is -0.497 e. The van der Waals surface area contributed by atoms with E-state index in [1.807, 2.05) is 53.1 Å². The topological polar surface area (TPSA) is 69.0 Å². The van der Waals surface area contributed by atoms with Gasteiger partial charge in [-0.1, -0.05) is 48.8 Å². The maximum Gasteiger partial charge on any atom is 0.230 e. The number of ether oxygens (including phenoxy) is 1. The molecule has 0 unspecified atom stereocenters. The molecular formula is C21H23ClN4O2S. The third-order valence-corrected chi connectivity index (χ3v) is 5.41. The van der Waals surface area contributed by atoms with Crippen molar-refractivity contribution in [1.82, 2.24) is 20.1 Å². The highest BCUT2D eigenvalue weighted by Gasteiger charge is 2.17. The Hall–Kier alpha value is -2.51. The maximum absolute atomic E-state index is 12.1. The van der Waals surface area contributed by atoms with Crippen molar-refractivity contribution in [2.75, 3.05) is 19.4 Å². The second kappa shape index (κ2) is 10.3. The van der Waals surface area contributed by atoms with Gasteiger partial charge in [-0.25, -0.2) is 0 Å². The lowest BCUT2D eigenvalue weighted by atomic mass is 10.2. The molecule has 1 aromatic heterocycles. The maximum atomic E-state index is 12.1. The van der Waals surface area contributed by atoms with Crippen LogP contribution in [0.1, 0.15) is 19.8 Å². The number of hydrogen-bond donors (Lipinski definition) is 1. The zero-order valence-electron chi connectivity index (χ0n) is 16.4. The molecule has 0 atom stereocenters. The van der Waals surface area contributed by atoms with Crippen LogP contribution in [0.25, 0.3) is 17.1 Å². The third kappa shape index (κ3) is 5.52. The molecule has 0 radical (unpaired) electrons. The molecule has 0 bridgehead atoms. The molecule has 2 aromatic carbocycles. The van der Waals surface area contributed by atoms with Crippen molar-refractivity contribution in [3.63, 3.8) is 0 Å². The summed E-state index contributed by atoms with van der Waals surface area (Å²) in [6.45, 7) is 2.78. The van der Waals surface area contributed by atoms with E-state index >= 15 is 0 Å². The van der Waals surface area contributed by atoms with Crippen LogP contribution in [0.4, 0.5) is 0 Å². The van der Waals surface area contributed by atoms with Gasteiger partial charge in [0.1, 0.15) is 5.75 Å². The van der Waals surface area contributed by atoms with Crippen LogP contribution < -0.4 is 10.1 Å². The van der Waals surface area contributed by atoms with E-state index in [0.29, 0.717) is 22.5 Å². The Morgan fingerprint density at radius 2 is 2.00 bits per heavy atom. The summed E-state index contributed by atoms with van der Waals surface area (Å²) in [6.07, 6.45) is 2.01. The van der Waals surface area contributed by atoms with Crippen molar-refractivity contribution in [2.24, 2.45) is 0 Å². The predicted octanol–water partition coefficient (Wildman–Crippen LogP) is 4.60. The Balaban J connectivity index is 1.91. The fourth-order valence-corrected chi connectivity index (χ4v) is 3.63.